The number of hydrogen-bond donors (Lipinski definition) is 1. The minimum absolute atomic E-state index is 0.00690. The molecule has 6 nitrogen and oxygen atoms in total. The highest BCUT2D eigenvalue weighted by molar-refractivity contribution is 7.92. The molecule has 0 aliphatic carbocycles. The van der Waals surface area contributed by atoms with Crippen LogP contribution in [0.15, 0.2) is 41.6 Å². The number of fused-ring (bicyclic) bond motifs is 1. The number of carbonyl (C=O) groups is 3. The van der Waals surface area contributed by atoms with Crippen molar-refractivity contribution in [3.63, 3.8) is 0 Å². The van der Waals surface area contributed by atoms with E-state index in [1.54, 1.807) is 0 Å². The number of rotatable bonds is 7. The van der Waals surface area contributed by atoms with E-state index >= 15 is 0 Å². The number of benzene rings is 1. The standard InChI is InChI=1S/C20H23NO5S/c1-12(2)8-14-11-27(26)19-16(18(23)21(19)17(14)20(24)25)10-15(22)9-13-6-4-3-5-7-13/h3-7,12,16,19H,8-11H2,1-2H3,(H,24,25). The summed E-state index contributed by atoms with van der Waals surface area (Å²) in [7, 11) is 0. The van der Waals surface area contributed by atoms with Crippen molar-refractivity contribution in [1.29, 1.82) is 0 Å². The van der Waals surface area contributed by atoms with Crippen molar-refractivity contribution < 1.29 is 24.0 Å². The van der Waals surface area contributed by atoms with Crippen molar-refractivity contribution in [2.75, 3.05) is 5.75 Å². The molecular weight excluding hydrogens is 366 g/mol. The van der Waals surface area contributed by atoms with Gasteiger partial charge in [-0.05, 0) is 29.1 Å². The molecule has 0 bridgehead atoms. The average Bonchev–Trinajstić information content (AvgIpc) is 2.59. The van der Waals surface area contributed by atoms with Crippen LogP contribution in [0.4, 0.5) is 0 Å². The van der Waals surface area contributed by atoms with Crippen molar-refractivity contribution in [3.05, 3.63) is 47.2 Å². The smallest absolute Gasteiger partial charge is 0.352 e. The molecule has 0 saturated carbocycles. The van der Waals surface area contributed by atoms with Gasteiger partial charge in [0.1, 0.15) is 23.2 Å². The summed E-state index contributed by atoms with van der Waals surface area (Å²) in [4.78, 5) is 37.9. The Morgan fingerprint density at radius 3 is 2.56 bits per heavy atom. The molecule has 1 N–H and O–H groups in total. The fourth-order valence-electron chi connectivity index (χ4n) is 3.79. The van der Waals surface area contributed by atoms with E-state index in [4.69, 9.17) is 0 Å². The zero-order valence-electron chi connectivity index (χ0n) is 15.4. The first-order valence-corrected chi connectivity index (χ1v) is 10.4. The summed E-state index contributed by atoms with van der Waals surface area (Å²) in [5.74, 6) is -2.04. The second kappa shape index (κ2) is 7.86. The Hall–Kier alpha value is -2.12. The van der Waals surface area contributed by atoms with Gasteiger partial charge in [-0.1, -0.05) is 44.2 Å². The Bertz CT molecular complexity index is 789. The number of ketones is 1. The normalized spacial score (nSPS) is 24.7. The van der Waals surface area contributed by atoms with Gasteiger partial charge in [-0.15, -0.1) is 0 Å². The van der Waals surface area contributed by atoms with E-state index in [9.17, 15) is 24.0 Å². The fourth-order valence-corrected chi connectivity index (χ4v) is 5.58. The molecule has 0 radical (unpaired) electrons. The molecule has 2 aliphatic heterocycles. The van der Waals surface area contributed by atoms with Crippen molar-refractivity contribution in [2.24, 2.45) is 11.8 Å². The maximum Gasteiger partial charge on any atom is 0.352 e. The van der Waals surface area contributed by atoms with Gasteiger partial charge in [0.05, 0.1) is 0 Å². The van der Waals surface area contributed by atoms with Crippen molar-refractivity contribution in [2.45, 2.75) is 38.5 Å². The van der Waals surface area contributed by atoms with Gasteiger partial charge < -0.3 is 9.66 Å². The van der Waals surface area contributed by atoms with E-state index in [0.717, 1.165) is 10.5 Å². The van der Waals surface area contributed by atoms with Crippen LogP contribution in [0.25, 0.3) is 0 Å². The topological polar surface area (TPSA) is 97.7 Å². The third-order valence-electron chi connectivity index (χ3n) is 4.86. The van der Waals surface area contributed by atoms with Crippen molar-refractivity contribution in [3.8, 4) is 0 Å². The molecule has 2 aliphatic rings. The van der Waals surface area contributed by atoms with Gasteiger partial charge in [-0.3, -0.25) is 14.5 Å². The van der Waals surface area contributed by atoms with E-state index in [-0.39, 0.29) is 36.0 Å². The highest BCUT2D eigenvalue weighted by atomic mass is 32.2. The number of Topliss-reactive ketones (excluding diaryl/α,β-unsaturated/α-hetero) is 1. The molecule has 1 aromatic carbocycles. The van der Waals surface area contributed by atoms with Crippen LogP contribution in [-0.2, 0) is 32.0 Å². The van der Waals surface area contributed by atoms with Crippen molar-refractivity contribution >= 4 is 28.8 Å². The number of β-lactam (4-membered cyclic amide) rings is 1. The summed E-state index contributed by atoms with van der Waals surface area (Å²) in [6.45, 7) is 3.90. The first-order valence-electron chi connectivity index (χ1n) is 9.00. The predicted octanol–water partition coefficient (Wildman–Crippen LogP) is 2.12. The van der Waals surface area contributed by atoms with Gasteiger partial charge in [-0.25, -0.2) is 4.79 Å². The van der Waals surface area contributed by atoms with Gasteiger partial charge in [0.25, 0.3) is 0 Å². The molecule has 3 unspecified atom stereocenters. The lowest BCUT2D eigenvalue weighted by atomic mass is 9.88. The lowest BCUT2D eigenvalue weighted by molar-refractivity contribution is -0.154. The van der Waals surface area contributed by atoms with Gasteiger partial charge in [0.2, 0.25) is 11.3 Å². The van der Waals surface area contributed by atoms with E-state index in [0.29, 0.717) is 12.0 Å². The molecule has 1 saturated heterocycles. The summed E-state index contributed by atoms with van der Waals surface area (Å²) in [5.41, 5.74) is 1.38. The molecular formula is C20H23NO5S. The Balaban J connectivity index is 1.76. The SMILES string of the molecule is CC(C)CC1=C(C(=O)O)N2C(=O)C(CC(=O)Cc3ccccc3)C2[S+]([O-])C1. The Morgan fingerprint density at radius 1 is 1.30 bits per heavy atom. The van der Waals surface area contributed by atoms with Crippen LogP contribution >= 0.6 is 0 Å². The van der Waals surface area contributed by atoms with Crippen LogP contribution in [0.5, 0.6) is 0 Å². The quantitative estimate of drug-likeness (QED) is 0.569. The average molecular weight is 389 g/mol. The second-order valence-electron chi connectivity index (χ2n) is 7.49. The first kappa shape index (κ1) is 19.6. The van der Waals surface area contributed by atoms with Gasteiger partial charge >= 0.3 is 5.97 Å². The lowest BCUT2D eigenvalue weighted by Gasteiger charge is -2.49. The van der Waals surface area contributed by atoms with Crippen LogP contribution in [0.1, 0.15) is 32.3 Å². The Labute approximate surface area is 161 Å². The maximum atomic E-state index is 12.7. The van der Waals surface area contributed by atoms with Crippen LogP contribution in [0.2, 0.25) is 0 Å². The largest absolute Gasteiger partial charge is 0.614 e. The highest BCUT2D eigenvalue weighted by Crippen LogP contribution is 2.43. The zero-order chi connectivity index (χ0) is 19.7. The molecule has 0 spiro atoms. The molecule has 27 heavy (non-hydrogen) atoms. The van der Waals surface area contributed by atoms with Gasteiger partial charge in [0.15, 0.2) is 0 Å². The van der Waals surface area contributed by atoms with E-state index in [2.05, 4.69) is 0 Å². The molecule has 1 amide bonds. The fraction of sp³-hybridized carbons (Fsp3) is 0.450. The summed E-state index contributed by atoms with van der Waals surface area (Å²) in [5, 5.41) is 8.88. The first-order chi connectivity index (χ1) is 12.8. The number of hydrogen-bond acceptors (Lipinski definition) is 4. The number of amides is 1. The number of carboxylic acid groups (broad SMARTS) is 1. The van der Waals surface area contributed by atoms with Crippen LogP contribution < -0.4 is 0 Å². The summed E-state index contributed by atoms with van der Waals surface area (Å²) in [6, 6.07) is 9.23. The Morgan fingerprint density at radius 2 is 1.96 bits per heavy atom. The maximum absolute atomic E-state index is 12.7. The number of carboxylic acids is 1. The van der Waals surface area contributed by atoms with E-state index < -0.39 is 34.3 Å². The lowest BCUT2D eigenvalue weighted by Crippen LogP contribution is -2.67. The predicted molar refractivity (Wildman–Crippen MR) is 101 cm³/mol. The molecule has 3 atom stereocenters. The monoisotopic (exact) mass is 389 g/mol. The van der Waals surface area contributed by atoms with Crippen LogP contribution in [-0.4, -0.2) is 43.3 Å². The summed E-state index contributed by atoms with van der Waals surface area (Å²) < 4.78 is 12.7. The molecule has 2 heterocycles. The number of carbonyl (C=O) groups excluding carboxylic acids is 2. The van der Waals surface area contributed by atoms with Gasteiger partial charge in [0, 0.05) is 18.4 Å². The summed E-state index contributed by atoms with van der Waals surface area (Å²) in [6.07, 6.45) is 0.693. The third kappa shape index (κ3) is 3.94. The second-order valence-corrected chi connectivity index (χ2v) is 9.02. The van der Waals surface area contributed by atoms with Crippen LogP contribution in [0, 0.1) is 11.8 Å². The number of nitrogens with zero attached hydrogens (tertiary/aromatic N) is 1. The third-order valence-corrected chi connectivity index (χ3v) is 6.57. The molecule has 7 heteroatoms. The number of aliphatic carboxylic acids is 1. The highest BCUT2D eigenvalue weighted by Gasteiger charge is 2.60. The molecule has 3 rings (SSSR count). The zero-order valence-corrected chi connectivity index (χ0v) is 16.2. The van der Waals surface area contributed by atoms with E-state index in [1.807, 2.05) is 44.2 Å². The minimum Gasteiger partial charge on any atom is -0.614 e. The Kier molecular flexibility index (Phi) is 5.72. The van der Waals surface area contributed by atoms with Gasteiger partial charge in [-0.2, -0.15) is 0 Å². The van der Waals surface area contributed by atoms with E-state index in [1.165, 1.54) is 0 Å². The summed E-state index contributed by atoms with van der Waals surface area (Å²) >= 11 is -1.39. The van der Waals surface area contributed by atoms with Crippen LogP contribution in [0.3, 0.4) is 0 Å². The molecule has 144 valence electrons. The molecule has 1 fully saturated rings. The molecule has 1 aromatic rings. The molecule has 0 aromatic heterocycles. The minimum atomic E-state index is -1.39. The van der Waals surface area contributed by atoms with Crippen molar-refractivity contribution in [1.82, 2.24) is 4.90 Å².